The molecule has 11 unspecified atom stereocenters. The summed E-state index contributed by atoms with van der Waals surface area (Å²) >= 11 is 0. The molecule has 0 aromatic rings. The predicted octanol–water partition coefficient (Wildman–Crippen LogP) is 5.55. The van der Waals surface area contributed by atoms with Gasteiger partial charge in [-0.15, -0.1) is 0 Å². The van der Waals surface area contributed by atoms with Crippen LogP contribution in [0.15, 0.2) is 0 Å². The standard InChI is InChI=1S/C28H48O3/c1-17(6-11-24(30)25(3,4)31)20-12-13-26(5)23-10-7-19-18(2)22(29)9-8-21(19)27(23)14-15-28(20,26)16-27/h17-24,29-31H,6-16H2,1-5H3. The largest absolute Gasteiger partial charge is 0.393 e. The number of rotatable bonds is 5. The molecule has 0 heterocycles. The van der Waals surface area contributed by atoms with E-state index >= 15 is 0 Å². The fourth-order valence-electron chi connectivity index (χ4n) is 10.9. The molecule has 2 bridgehead atoms. The highest BCUT2D eigenvalue weighted by Crippen LogP contribution is 2.85. The number of hydrogen-bond acceptors (Lipinski definition) is 3. The molecule has 0 aromatic carbocycles. The summed E-state index contributed by atoms with van der Waals surface area (Å²) in [6.07, 6.45) is 13.1. The molecule has 3 N–H and O–H groups in total. The van der Waals surface area contributed by atoms with Crippen LogP contribution in [-0.2, 0) is 0 Å². The van der Waals surface area contributed by atoms with Crippen LogP contribution in [0.5, 0.6) is 0 Å². The Labute approximate surface area is 190 Å². The fourth-order valence-corrected chi connectivity index (χ4v) is 10.9. The Kier molecular flexibility index (Phi) is 5.25. The summed E-state index contributed by atoms with van der Waals surface area (Å²) in [5, 5.41) is 31.2. The SMILES string of the molecule is CC(CCC(O)C(C)(C)O)C1CCC2(C)C3CCC4C(C)C(O)CCC4C34CCC12C4. The maximum atomic E-state index is 10.6. The van der Waals surface area contributed by atoms with Gasteiger partial charge in [0.2, 0.25) is 0 Å². The lowest BCUT2D eigenvalue weighted by molar-refractivity contribution is -0.116. The van der Waals surface area contributed by atoms with Gasteiger partial charge < -0.3 is 15.3 Å². The summed E-state index contributed by atoms with van der Waals surface area (Å²) in [4.78, 5) is 0. The monoisotopic (exact) mass is 432 g/mol. The van der Waals surface area contributed by atoms with Crippen LogP contribution in [0.1, 0.15) is 105 Å². The smallest absolute Gasteiger partial charge is 0.0849 e. The number of hydrogen-bond donors (Lipinski definition) is 3. The van der Waals surface area contributed by atoms with Crippen molar-refractivity contribution in [3.8, 4) is 0 Å². The molecule has 0 saturated heterocycles. The van der Waals surface area contributed by atoms with E-state index < -0.39 is 11.7 Å². The second kappa shape index (κ2) is 7.19. The van der Waals surface area contributed by atoms with E-state index in [4.69, 9.17) is 0 Å². The van der Waals surface area contributed by atoms with Gasteiger partial charge in [-0.1, -0.05) is 20.8 Å². The Hall–Kier alpha value is -0.120. The summed E-state index contributed by atoms with van der Waals surface area (Å²) in [5.41, 5.74) is 0.560. The van der Waals surface area contributed by atoms with Gasteiger partial charge >= 0.3 is 0 Å². The van der Waals surface area contributed by atoms with E-state index in [9.17, 15) is 15.3 Å². The summed E-state index contributed by atoms with van der Waals surface area (Å²) < 4.78 is 0. The van der Waals surface area contributed by atoms with Crippen molar-refractivity contribution in [1.29, 1.82) is 0 Å². The zero-order valence-corrected chi connectivity index (χ0v) is 20.7. The van der Waals surface area contributed by atoms with E-state index in [0.717, 1.165) is 36.5 Å². The van der Waals surface area contributed by atoms with E-state index in [2.05, 4.69) is 20.8 Å². The third kappa shape index (κ3) is 2.94. The van der Waals surface area contributed by atoms with E-state index in [0.29, 0.717) is 34.5 Å². The molecule has 0 aromatic heterocycles. The molecule has 3 nitrogen and oxygen atoms in total. The molecule has 178 valence electrons. The van der Waals surface area contributed by atoms with Gasteiger partial charge in [-0.2, -0.15) is 0 Å². The van der Waals surface area contributed by atoms with E-state index in [-0.39, 0.29) is 6.10 Å². The van der Waals surface area contributed by atoms with Crippen LogP contribution in [-0.4, -0.2) is 33.1 Å². The second-order valence-corrected chi connectivity index (χ2v) is 13.8. The summed E-state index contributed by atoms with van der Waals surface area (Å²) in [5.74, 6) is 4.38. The van der Waals surface area contributed by atoms with Crippen molar-refractivity contribution in [2.24, 2.45) is 51.8 Å². The van der Waals surface area contributed by atoms with Gasteiger partial charge in [-0.25, -0.2) is 0 Å². The van der Waals surface area contributed by atoms with Crippen molar-refractivity contribution in [2.75, 3.05) is 0 Å². The molecule has 5 saturated carbocycles. The minimum absolute atomic E-state index is 0.0731. The van der Waals surface area contributed by atoms with Crippen LogP contribution in [0.3, 0.4) is 0 Å². The molecule has 0 aliphatic heterocycles. The molecule has 5 fully saturated rings. The van der Waals surface area contributed by atoms with Gasteiger partial charge in [0.25, 0.3) is 0 Å². The van der Waals surface area contributed by atoms with E-state index in [1.165, 1.54) is 51.4 Å². The highest BCUT2D eigenvalue weighted by Gasteiger charge is 2.77. The average Bonchev–Trinajstić information content (AvgIpc) is 3.29. The lowest BCUT2D eigenvalue weighted by Gasteiger charge is -2.58. The molecule has 5 aliphatic rings. The molecule has 3 heteroatoms. The van der Waals surface area contributed by atoms with Crippen molar-refractivity contribution in [1.82, 2.24) is 0 Å². The first-order valence-corrected chi connectivity index (χ1v) is 13.5. The Morgan fingerprint density at radius 2 is 1.74 bits per heavy atom. The average molecular weight is 433 g/mol. The molecule has 31 heavy (non-hydrogen) atoms. The molecule has 0 radical (unpaired) electrons. The van der Waals surface area contributed by atoms with Crippen molar-refractivity contribution < 1.29 is 15.3 Å². The molecule has 0 amide bonds. The fraction of sp³-hybridized carbons (Fsp3) is 1.00. The predicted molar refractivity (Wildman–Crippen MR) is 124 cm³/mol. The van der Waals surface area contributed by atoms with Crippen LogP contribution >= 0.6 is 0 Å². The second-order valence-electron chi connectivity index (χ2n) is 13.8. The summed E-state index contributed by atoms with van der Waals surface area (Å²) in [6.45, 7) is 10.9. The van der Waals surface area contributed by atoms with Crippen LogP contribution in [0.2, 0.25) is 0 Å². The first kappa shape index (κ1) is 22.7. The lowest BCUT2D eigenvalue weighted by atomic mass is 9.46. The lowest BCUT2D eigenvalue weighted by Crippen LogP contribution is -2.52. The maximum absolute atomic E-state index is 10.6. The van der Waals surface area contributed by atoms with Crippen molar-refractivity contribution in [3.05, 3.63) is 0 Å². The highest BCUT2D eigenvalue weighted by atomic mass is 16.3. The van der Waals surface area contributed by atoms with Crippen LogP contribution in [0.4, 0.5) is 0 Å². The molecule has 2 spiro atoms. The molecular weight excluding hydrogens is 384 g/mol. The zero-order chi connectivity index (χ0) is 22.4. The highest BCUT2D eigenvalue weighted by molar-refractivity contribution is 5.26. The van der Waals surface area contributed by atoms with Crippen LogP contribution in [0.25, 0.3) is 0 Å². The van der Waals surface area contributed by atoms with Gasteiger partial charge in [-0.05, 0) is 136 Å². The summed E-state index contributed by atoms with van der Waals surface area (Å²) in [7, 11) is 0. The van der Waals surface area contributed by atoms with Crippen LogP contribution < -0.4 is 0 Å². The first-order chi connectivity index (χ1) is 14.5. The Bertz CT molecular complexity index is 699. The van der Waals surface area contributed by atoms with Crippen LogP contribution in [0, 0.1) is 51.8 Å². The summed E-state index contributed by atoms with van der Waals surface area (Å²) in [6, 6.07) is 0. The van der Waals surface area contributed by atoms with Gasteiger partial charge in [-0.3, -0.25) is 0 Å². The van der Waals surface area contributed by atoms with Crippen molar-refractivity contribution in [3.63, 3.8) is 0 Å². The third-order valence-corrected chi connectivity index (χ3v) is 12.5. The van der Waals surface area contributed by atoms with Crippen molar-refractivity contribution >= 4 is 0 Å². The third-order valence-electron chi connectivity index (χ3n) is 12.5. The number of fused-ring (bicyclic) bond motifs is 2. The van der Waals surface area contributed by atoms with Gasteiger partial charge in [0.15, 0.2) is 0 Å². The number of aliphatic hydroxyl groups excluding tert-OH is 2. The Morgan fingerprint density at radius 1 is 1.00 bits per heavy atom. The molecule has 5 rings (SSSR count). The minimum atomic E-state index is -1.00. The minimum Gasteiger partial charge on any atom is -0.393 e. The van der Waals surface area contributed by atoms with E-state index in [1.54, 1.807) is 13.8 Å². The molecule has 11 atom stereocenters. The Morgan fingerprint density at radius 3 is 2.45 bits per heavy atom. The zero-order valence-electron chi connectivity index (χ0n) is 20.7. The van der Waals surface area contributed by atoms with Crippen molar-refractivity contribution in [2.45, 2.75) is 123 Å². The molecular formula is C28H48O3. The van der Waals surface area contributed by atoms with Gasteiger partial charge in [0.1, 0.15) is 0 Å². The molecule has 5 aliphatic carbocycles. The topological polar surface area (TPSA) is 60.7 Å². The quantitative estimate of drug-likeness (QED) is 0.533. The van der Waals surface area contributed by atoms with Gasteiger partial charge in [0, 0.05) is 0 Å². The normalized spacial score (nSPS) is 53.0. The van der Waals surface area contributed by atoms with Gasteiger partial charge in [0.05, 0.1) is 17.8 Å². The maximum Gasteiger partial charge on any atom is 0.0849 e. The Balaban J connectivity index is 1.39. The first-order valence-electron chi connectivity index (χ1n) is 13.5. The van der Waals surface area contributed by atoms with E-state index in [1.807, 2.05) is 0 Å². The number of aliphatic hydroxyl groups is 3.